The molecular formula is C23H20N4O4. The molecule has 3 aromatic rings. The van der Waals surface area contributed by atoms with Crippen molar-refractivity contribution in [2.75, 3.05) is 12.0 Å². The van der Waals surface area contributed by atoms with Crippen LogP contribution in [0.5, 0.6) is 5.75 Å². The first-order chi connectivity index (χ1) is 14.9. The molecule has 0 aliphatic carbocycles. The summed E-state index contributed by atoms with van der Waals surface area (Å²) < 4.78 is 7.10. The zero-order chi connectivity index (χ0) is 22.1. The summed E-state index contributed by atoms with van der Waals surface area (Å²) >= 11 is 0. The molecule has 0 radical (unpaired) electrons. The second kappa shape index (κ2) is 7.91. The molecule has 156 valence electrons. The molecule has 1 aliphatic rings. The van der Waals surface area contributed by atoms with Crippen LogP contribution in [0.15, 0.2) is 60.4 Å². The third-order valence-electron chi connectivity index (χ3n) is 5.11. The molecule has 4 rings (SSSR count). The number of nitrogens with one attached hydrogen (secondary N) is 1. The van der Waals surface area contributed by atoms with Gasteiger partial charge in [0.2, 0.25) is 0 Å². The van der Waals surface area contributed by atoms with Gasteiger partial charge in [-0.05, 0) is 68.0 Å². The maximum absolute atomic E-state index is 13.1. The SMILES string of the molecule is COc1ccc(N2C(=O)NC(=O)/C(=C\c3cc(C)n(-c4cccnc4)c3C)C2=O)cc1. The minimum Gasteiger partial charge on any atom is -0.497 e. The highest BCUT2D eigenvalue weighted by Gasteiger charge is 2.37. The molecule has 8 nitrogen and oxygen atoms in total. The smallest absolute Gasteiger partial charge is 0.335 e. The van der Waals surface area contributed by atoms with Gasteiger partial charge in [0.25, 0.3) is 11.8 Å². The molecule has 8 heteroatoms. The van der Waals surface area contributed by atoms with E-state index in [4.69, 9.17) is 4.74 Å². The van der Waals surface area contributed by atoms with Gasteiger partial charge >= 0.3 is 6.03 Å². The number of urea groups is 1. The van der Waals surface area contributed by atoms with Crippen molar-refractivity contribution in [2.24, 2.45) is 0 Å². The zero-order valence-electron chi connectivity index (χ0n) is 17.2. The number of carbonyl (C=O) groups is 3. The highest BCUT2D eigenvalue weighted by atomic mass is 16.5. The minimum absolute atomic E-state index is 0.123. The number of ether oxygens (including phenoxy) is 1. The van der Waals surface area contributed by atoms with Crippen molar-refractivity contribution in [1.29, 1.82) is 0 Å². The molecule has 1 aromatic carbocycles. The van der Waals surface area contributed by atoms with Crippen molar-refractivity contribution in [2.45, 2.75) is 13.8 Å². The van der Waals surface area contributed by atoms with E-state index in [1.54, 1.807) is 36.7 Å². The van der Waals surface area contributed by atoms with Crippen molar-refractivity contribution in [1.82, 2.24) is 14.9 Å². The minimum atomic E-state index is -0.793. The van der Waals surface area contributed by atoms with Crippen LogP contribution in [0.1, 0.15) is 17.0 Å². The number of pyridine rings is 1. The number of carbonyl (C=O) groups excluding carboxylic acids is 3. The summed E-state index contributed by atoms with van der Waals surface area (Å²) in [5, 5.41) is 2.24. The van der Waals surface area contributed by atoms with Gasteiger partial charge in [0.1, 0.15) is 11.3 Å². The lowest BCUT2D eigenvalue weighted by molar-refractivity contribution is -0.122. The number of aromatic nitrogens is 2. The molecule has 4 amide bonds. The first-order valence-electron chi connectivity index (χ1n) is 9.55. The van der Waals surface area contributed by atoms with Crippen molar-refractivity contribution < 1.29 is 19.1 Å². The van der Waals surface area contributed by atoms with Crippen LogP contribution in [-0.4, -0.2) is 34.5 Å². The third-order valence-corrected chi connectivity index (χ3v) is 5.11. The Kier molecular flexibility index (Phi) is 5.12. The van der Waals surface area contributed by atoms with E-state index in [0.717, 1.165) is 22.0 Å². The van der Waals surface area contributed by atoms with Crippen LogP contribution in [0.4, 0.5) is 10.5 Å². The van der Waals surface area contributed by atoms with Crippen LogP contribution in [0, 0.1) is 13.8 Å². The fraction of sp³-hybridized carbons (Fsp3) is 0.130. The van der Waals surface area contributed by atoms with Gasteiger partial charge in [0.15, 0.2) is 0 Å². The van der Waals surface area contributed by atoms with Gasteiger partial charge in [-0.25, -0.2) is 9.69 Å². The summed E-state index contributed by atoms with van der Waals surface area (Å²) in [6.07, 6.45) is 4.94. The Morgan fingerprint density at radius 2 is 1.77 bits per heavy atom. The van der Waals surface area contributed by atoms with Gasteiger partial charge in [0, 0.05) is 17.6 Å². The van der Waals surface area contributed by atoms with E-state index in [9.17, 15) is 14.4 Å². The number of anilines is 1. The highest BCUT2D eigenvalue weighted by molar-refractivity contribution is 6.39. The van der Waals surface area contributed by atoms with Crippen molar-refractivity contribution in [3.63, 3.8) is 0 Å². The van der Waals surface area contributed by atoms with E-state index in [-0.39, 0.29) is 5.57 Å². The maximum Gasteiger partial charge on any atom is 0.335 e. The van der Waals surface area contributed by atoms with Crippen LogP contribution in [0.3, 0.4) is 0 Å². The number of imide groups is 2. The summed E-state index contributed by atoms with van der Waals surface area (Å²) in [4.78, 5) is 43.1. The number of aryl methyl sites for hydroxylation is 1. The topological polar surface area (TPSA) is 93.5 Å². The number of amides is 4. The van der Waals surface area contributed by atoms with E-state index in [0.29, 0.717) is 17.0 Å². The number of rotatable bonds is 4. The van der Waals surface area contributed by atoms with E-state index < -0.39 is 17.8 Å². The number of barbiturate groups is 1. The van der Waals surface area contributed by atoms with Crippen molar-refractivity contribution in [3.05, 3.63) is 77.4 Å². The first kappa shape index (κ1) is 20.1. The molecule has 31 heavy (non-hydrogen) atoms. The Bertz CT molecular complexity index is 1210. The number of hydrogen-bond donors (Lipinski definition) is 1. The molecule has 0 atom stereocenters. The molecule has 3 heterocycles. The van der Waals surface area contributed by atoms with Gasteiger partial charge < -0.3 is 9.30 Å². The van der Waals surface area contributed by atoms with Crippen LogP contribution < -0.4 is 15.0 Å². The van der Waals surface area contributed by atoms with Crippen molar-refractivity contribution in [3.8, 4) is 11.4 Å². The van der Waals surface area contributed by atoms with Gasteiger partial charge in [-0.1, -0.05) is 0 Å². The molecule has 1 saturated heterocycles. The molecule has 1 N–H and O–H groups in total. The van der Waals surface area contributed by atoms with Crippen molar-refractivity contribution >= 4 is 29.6 Å². The normalized spacial score (nSPS) is 15.4. The maximum atomic E-state index is 13.1. The fourth-order valence-corrected chi connectivity index (χ4v) is 3.60. The Hall–Kier alpha value is -4.20. The van der Waals surface area contributed by atoms with E-state index >= 15 is 0 Å². The molecular weight excluding hydrogens is 396 g/mol. The van der Waals surface area contributed by atoms with Crippen LogP contribution in [0.25, 0.3) is 11.8 Å². The molecule has 2 aromatic heterocycles. The summed E-state index contributed by atoms with van der Waals surface area (Å²) in [5.74, 6) is -0.834. The van der Waals surface area contributed by atoms with Crippen LogP contribution in [-0.2, 0) is 9.59 Å². The van der Waals surface area contributed by atoms with Crippen LogP contribution in [0.2, 0.25) is 0 Å². The summed E-state index contributed by atoms with van der Waals surface area (Å²) in [5.41, 5.74) is 3.54. The monoisotopic (exact) mass is 416 g/mol. The summed E-state index contributed by atoms with van der Waals surface area (Å²) in [7, 11) is 1.52. The lowest BCUT2D eigenvalue weighted by Crippen LogP contribution is -2.54. The second-order valence-corrected chi connectivity index (χ2v) is 7.03. The van der Waals surface area contributed by atoms with Gasteiger partial charge in [-0.3, -0.25) is 19.9 Å². The molecule has 1 fully saturated rings. The molecule has 0 bridgehead atoms. The third kappa shape index (κ3) is 3.59. The molecule has 0 saturated carbocycles. The van der Waals surface area contributed by atoms with Gasteiger partial charge in [-0.15, -0.1) is 0 Å². The Balaban J connectivity index is 1.74. The molecule has 0 spiro atoms. The number of hydrogen-bond acceptors (Lipinski definition) is 5. The second-order valence-electron chi connectivity index (χ2n) is 7.03. The predicted octanol–water partition coefficient (Wildman–Crippen LogP) is 3.16. The standard InChI is InChI=1S/C23H20N4O4/c1-14-11-16(15(2)26(14)18-5-4-10-24-13-18)12-20-21(28)25-23(30)27(22(20)29)17-6-8-19(31-3)9-7-17/h4-13H,1-3H3,(H,25,28,30)/b20-12+. The predicted molar refractivity (Wildman–Crippen MR) is 115 cm³/mol. The van der Waals surface area contributed by atoms with Crippen LogP contribution >= 0.6 is 0 Å². The average molecular weight is 416 g/mol. The van der Waals surface area contributed by atoms with Gasteiger partial charge in [-0.2, -0.15) is 0 Å². The Labute approximate surface area is 178 Å². The number of methoxy groups -OCH3 is 1. The summed E-state index contributed by atoms with van der Waals surface area (Å²) in [6.45, 7) is 3.82. The Morgan fingerprint density at radius 1 is 1.03 bits per heavy atom. The molecule has 0 unspecified atom stereocenters. The lowest BCUT2D eigenvalue weighted by Gasteiger charge is -2.26. The highest BCUT2D eigenvalue weighted by Crippen LogP contribution is 2.26. The average Bonchev–Trinajstić information content (AvgIpc) is 3.05. The zero-order valence-corrected chi connectivity index (χ0v) is 17.2. The first-order valence-corrected chi connectivity index (χ1v) is 9.55. The van der Waals surface area contributed by atoms with E-state index in [1.165, 1.54) is 13.2 Å². The van der Waals surface area contributed by atoms with E-state index in [1.807, 2.05) is 36.6 Å². The number of nitrogens with zero attached hydrogens (tertiary/aromatic N) is 3. The largest absolute Gasteiger partial charge is 0.497 e. The lowest BCUT2D eigenvalue weighted by atomic mass is 10.1. The quantitative estimate of drug-likeness (QED) is 0.521. The van der Waals surface area contributed by atoms with Gasteiger partial charge in [0.05, 0.1) is 24.7 Å². The molecule has 1 aliphatic heterocycles. The van der Waals surface area contributed by atoms with E-state index in [2.05, 4.69) is 10.3 Å². The number of benzene rings is 1. The fourth-order valence-electron chi connectivity index (χ4n) is 3.60. The Morgan fingerprint density at radius 3 is 2.42 bits per heavy atom. The summed E-state index contributed by atoms with van der Waals surface area (Å²) in [6, 6.07) is 11.3.